The van der Waals surface area contributed by atoms with Crippen molar-refractivity contribution in [3.63, 3.8) is 0 Å². The van der Waals surface area contributed by atoms with Gasteiger partial charge < -0.3 is 50.0 Å². The Morgan fingerprint density at radius 1 is 0.968 bits per heavy atom. The monoisotopic (exact) mass is 456 g/mol. The second kappa shape index (κ2) is 16.2. The maximum atomic E-state index is 10.2. The molecule has 0 amide bonds. The van der Waals surface area contributed by atoms with Crippen LogP contribution < -0.4 is 0 Å². The average Bonchev–Trinajstić information content (AvgIpc) is 2.75. The Morgan fingerprint density at radius 3 is 2.00 bits per heavy atom. The van der Waals surface area contributed by atoms with Crippen molar-refractivity contribution in [1.29, 1.82) is 0 Å². The van der Waals surface area contributed by atoms with Crippen LogP contribution in [0.1, 0.15) is 60.3 Å². The molecule has 10 heteroatoms. The fraction of sp³-hybridized carbons (Fsp3) is 1.00. The van der Waals surface area contributed by atoms with Crippen LogP contribution in [0.4, 0.5) is 0 Å². The van der Waals surface area contributed by atoms with Gasteiger partial charge in [-0.3, -0.25) is 0 Å². The molecule has 10 atom stereocenters. The molecular formula is C21H44O10. The molecule has 1 fully saturated rings. The highest BCUT2D eigenvalue weighted by molar-refractivity contribution is 4.82. The Kier molecular flexibility index (Phi) is 16.0. The minimum absolute atomic E-state index is 0.0310. The Labute approximate surface area is 185 Å². The van der Waals surface area contributed by atoms with E-state index in [0.29, 0.717) is 12.8 Å². The zero-order valence-corrected chi connectivity index (χ0v) is 19.4. The molecule has 7 N–H and O–H groups in total. The van der Waals surface area contributed by atoms with Gasteiger partial charge in [0, 0.05) is 12.3 Å². The maximum absolute atomic E-state index is 10.2. The van der Waals surface area contributed by atoms with E-state index in [1.54, 1.807) is 13.8 Å². The maximum Gasteiger partial charge on any atom is 0.186 e. The summed E-state index contributed by atoms with van der Waals surface area (Å²) in [6.07, 6.45) is -6.03. The molecule has 1 aliphatic heterocycles. The largest absolute Gasteiger partial charge is 0.394 e. The van der Waals surface area contributed by atoms with Gasteiger partial charge in [0.15, 0.2) is 12.6 Å². The second-order valence-corrected chi connectivity index (χ2v) is 8.07. The normalized spacial score (nSPS) is 29.8. The van der Waals surface area contributed by atoms with Gasteiger partial charge in [0.25, 0.3) is 0 Å². The van der Waals surface area contributed by atoms with Crippen molar-refractivity contribution in [3.05, 3.63) is 0 Å². The quantitative estimate of drug-likeness (QED) is 0.190. The third-order valence-corrected chi connectivity index (χ3v) is 5.25. The molecule has 0 aliphatic carbocycles. The minimum atomic E-state index is -1.28. The van der Waals surface area contributed by atoms with Crippen molar-refractivity contribution in [2.45, 2.75) is 116 Å². The van der Waals surface area contributed by atoms with Gasteiger partial charge in [0.05, 0.1) is 49.8 Å². The van der Waals surface area contributed by atoms with Crippen LogP contribution in [0, 0.1) is 5.92 Å². The Hall–Kier alpha value is -0.400. The van der Waals surface area contributed by atoms with Crippen molar-refractivity contribution in [2.24, 2.45) is 5.92 Å². The highest BCUT2D eigenvalue weighted by atomic mass is 16.7. The molecule has 0 bridgehead atoms. The van der Waals surface area contributed by atoms with Crippen LogP contribution in [0.5, 0.6) is 0 Å². The summed E-state index contributed by atoms with van der Waals surface area (Å²) >= 11 is 0. The summed E-state index contributed by atoms with van der Waals surface area (Å²) < 4.78 is 16.7. The fourth-order valence-corrected chi connectivity index (χ4v) is 2.93. The molecule has 31 heavy (non-hydrogen) atoms. The van der Waals surface area contributed by atoms with Gasteiger partial charge in [0.1, 0.15) is 6.10 Å². The summed E-state index contributed by atoms with van der Waals surface area (Å²) in [5.74, 6) is -0.642. The molecule has 1 aliphatic rings. The summed E-state index contributed by atoms with van der Waals surface area (Å²) in [7, 11) is 0. The number of aliphatic hydroxyl groups is 7. The molecule has 0 aromatic carbocycles. The first kappa shape index (κ1) is 30.6. The molecule has 0 aromatic rings. The third kappa shape index (κ3) is 11.3. The van der Waals surface area contributed by atoms with E-state index in [2.05, 4.69) is 0 Å². The average molecular weight is 457 g/mol. The lowest BCUT2D eigenvalue weighted by Crippen LogP contribution is -2.52. The summed E-state index contributed by atoms with van der Waals surface area (Å²) in [4.78, 5) is 0. The van der Waals surface area contributed by atoms with Gasteiger partial charge >= 0.3 is 0 Å². The molecule has 10 unspecified atom stereocenters. The van der Waals surface area contributed by atoms with E-state index in [0.717, 1.165) is 6.42 Å². The van der Waals surface area contributed by atoms with Gasteiger partial charge in [0.2, 0.25) is 0 Å². The predicted molar refractivity (Wildman–Crippen MR) is 113 cm³/mol. The van der Waals surface area contributed by atoms with Gasteiger partial charge in [-0.15, -0.1) is 0 Å². The van der Waals surface area contributed by atoms with Crippen molar-refractivity contribution >= 4 is 0 Å². The standard InChI is InChI=1S/C18H36O8.C3H8O2/c1-5-10(4)25-18-16(22)14(20)8-11(26-18)9-24-17(23)12(6-2)15(21)13(19)7-3;1-3(5)2-4/h10-23H,5-9H2,1-4H3;3-5H,2H2,1H3. The summed E-state index contributed by atoms with van der Waals surface area (Å²) in [5.41, 5.74) is 0. The van der Waals surface area contributed by atoms with E-state index in [1.807, 2.05) is 13.8 Å². The van der Waals surface area contributed by atoms with Crippen molar-refractivity contribution < 1.29 is 50.0 Å². The summed E-state index contributed by atoms with van der Waals surface area (Å²) in [6.45, 7) is 8.67. The van der Waals surface area contributed by atoms with E-state index in [9.17, 15) is 25.5 Å². The Morgan fingerprint density at radius 2 is 1.55 bits per heavy atom. The van der Waals surface area contributed by atoms with E-state index in [1.165, 1.54) is 6.92 Å². The first-order valence-electron chi connectivity index (χ1n) is 11.1. The van der Waals surface area contributed by atoms with Crippen LogP contribution in [0.3, 0.4) is 0 Å². The SMILES string of the molecule is CC(O)CO.CCC(C)OC1OC(COC(O)C(CC)C(O)C(O)CC)CC(O)C1O. The zero-order chi connectivity index (χ0) is 24.1. The number of ether oxygens (including phenoxy) is 3. The van der Waals surface area contributed by atoms with Crippen LogP contribution in [0.2, 0.25) is 0 Å². The van der Waals surface area contributed by atoms with Crippen molar-refractivity contribution in [1.82, 2.24) is 0 Å². The first-order valence-corrected chi connectivity index (χ1v) is 11.1. The third-order valence-electron chi connectivity index (χ3n) is 5.25. The lowest BCUT2D eigenvalue weighted by Gasteiger charge is -2.38. The molecule has 0 aromatic heterocycles. The number of hydrogen-bond donors (Lipinski definition) is 7. The van der Waals surface area contributed by atoms with Gasteiger partial charge in [-0.2, -0.15) is 0 Å². The van der Waals surface area contributed by atoms with Crippen molar-refractivity contribution in [3.8, 4) is 0 Å². The second-order valence-electron chi connectivity index (χ2n) is 8.07. The topological polar surface area (TPSA) is 169 Å². The number of rotatable bonds is 12. The zero-order valence-electron chi connectivity index (χ0n) is 19.4. The molecule has 10 nitrogen and oxygen atoms in total. The highest BCUT2D eigenvalue weighted by Crippen LogP contribution is 2.25. The lowest BCUT2D eigenvalue weighted by atomic mass is 9.93. The predicted octanol–water partition coefficient (Wildman–Crippen LogP) is -0.509. The van der Waals surface area contributed by atoms with Gasteiger partial charge in [-0.1, -0.05) is 20.8 Å². The first-order chi connectivity index (χ1) is 14.5. The van der Waals surface area contributed by atoms with Crippen molar-refractivity contribution in [2.75, 3.05) is 13.2 Å². The highest BCUT2D eigenvalue weighted by Gasteiger charge is 2.39. The number of aliphatic hydroxyl groups excluding tert-OH is 7. The summed E-state index contributed by atoms with van der Waals surface area (Å²) in [6, 6.07) is 0. The molecule has 1 rings (SSSR count). The van der Waals surface area contributed by atoms with Crippen LogP contribution >= 0.6 is 0 Å². The molecular weight excluding hydrogens is 412 g/mol. The van der Waals surface area contributed by atoms with E-state index in [4.69, 9.17) is 24.4 Å². The van der Waals surface area contributed by atoms with Gasteiger partial charge in [-0.25, -0.2) is 0 Å². The van der Waals surface area contributed by atoms with Crippen LogP contribution in [0.15, 0.2) is 0 Å². The van der Waals surface area contributed by atoms with E-state index >= 15 is 0 Å². The lowest BCUT2D eigenvalue weighted by molar-refractivity contribution is -0.292. The Bertz CT molecular complexity index is 438. The Balaban J connectivity index is 0.00000161. The molecule has 188 valence electrons. The van der Waals surface area contributed by atoms with Crippen LogP contribution in [0.25, 0.3) is 0 Å². The minimum Gasteiger partial charge on any atom is -0.394 e. The van der Waals surface area contributed by atoms with E-state index in [-0.39, 0.29) is 25.7 Å². The fourth-order valence-electron chi connectivity index (χ4n) is 2.93. The van der Waals surface area contributed by atoms with Crippen LogP contribution in [-0.4, -0.2) is 104 Å². The molecule has 0 spiro atoms. The molecule has 0 radical (unpaired) electrons. The molecule has 0 saturated carbocycles. The van der Waals surface area contributed by atoms with Crippen LogP contribution in [-0.2, 0) is 14.2 Å². The summed E-state index contributed by atoms with van der Waals surface area (Å²) in [5, 5.41) is 66.2. The smallest absolute Gasteiger partial charge is 0.186 e. The van der Waals surface area contributed by atoms with E-state index < -0.39 is 55.1 Å². The molecule has 1 heterocycles. The van der Waals surface area contributed by atoms with Gasteiger partial charge in [-0.05, 0) is 33.1 Å². The molecule has 1 saturated heterocycles. The number of hydrogen-bond acceptors (Lipinski definition) is 10.